The monoisotopic (exact) mass is 323 g/mol. The van der Waals surface area contributed by atoms with Crippen molar-refractivity contribution >= 4 is 17.7 Å². The number of carbonyl (C=O) groups excluding carboxylic acids is 3. The van der Waals surface area contributed by atoms with Gasteiger partial charge in [-0.2, -0.15) is 0 Å². The number of ether oxygens (including phenoxy) is 2. The number of nitrogens with two attached hydrogens (primary N) is 1. The van der Waals surface area contributed by atoms with Crippen LogP contribution in [0.2, 0.25) is 0 Å². The van der Waals surface area contributed by atoms with Crippen LogP contribution in [0.5, 0.6) is 11.5 Å². The first kappa shape index (κ1) is 18.3. The van der Waals surface area contributed by atoms with Crippen LogP contribution in [0.4, 0.5) is 0 Å². The predicted molar refractivity (Wildman–Crippen MR) is 83.3 cm³/mol. The van der Waals surface area contributed by atoms with Gasteiger partial charge in [-0.05, 0) is 32.0 Å². The zero-order chi connectivity index (χ0) is 17.4. The summed E-state index contributed by atoms with van der Waals surface area (Å²) < 4.78 is 10.3. The Labute approximate surface area is 134 Å². The van der Waals surface area contributed by atoms with Crippen LogP contribution in [0.15, 0.2) is 18.2 Å². The first-order valence-corrected chi connectivity index (χ1v) is 7.06. The highest BCUT2D eigenvalue weighted by Crippen LogP contribution is 2.28. The van der Waals surface area contributed by atoms with Crippen molar-refractivity contribution in [3.05, 3.63) is 23.8 Å². The Kier molecular flexibility index (Phi) is 6.85. The molecule has 23 heavy (non-hydrogen) atoms. The summed E-state index contributed by atoms with van der Waals surface area (Å²) >= 11 is 0. The molecule has 0 unspecified atom stereocenters. The van der Waals surface area contributed by atoms with Gasteiger partial charge < -0.3 is 25.8 Å². The van der Waals surface area contributed by atoms with E-state index in [0.29, 0.717) is 17.9 Å². The Morgan fingerprint density at radius 3 is 2.52 bits per heavy atom. The molecule has 1 rings (SSSR count). The molecular weight excluding hydrogens is 302 g/mol. The molecule has 1 aromatic rings. The third-order valence-electron chi connectivity index (χ3n) is 2.89. The number of rotatable bonds is 8. The number of benzene rings is 1. The van der Waals surface area contributed by atoms with Crippen LogP contribution in [-0.4, -0.2) is 44.0 Å². The van der Waals surface area contributed by atoms with Crippen LogP contribution in [-0.2, 0) is 9.59 Å². The van der Waals surface area contributed by atoms with Crippen molar-refractivity contribution in [3.8, 4) is 11.5 Å². The molecule has 126 valence electrons. The first-order valence-electron chi connectivity index (χ1n) is 7.06. The zero-order valence-electron chi connectivity index (χ0n) is 13.3. The van der Waals surface area contributed by atoms with E-state index in [-0.39, 0.29) is 18.3 Å². The van der Waals surface area contributed by atoms with Crippen molar-refractivity contribution in [2.45, 2.75) is 19.9 Å². The van der Waals surface area contributed by atoms with E-state index in [1.807, 2.05) is 0 Å². The van der Waals surface area contributed by atoms with Crippen molar-refractivity contribution in [1.29, 1.82) is 0 Å². The maximum Gasteiger partial charge on any atom is 0.255 e. The van der Waals surface area contributed by atoms with Gasteiger partial charge in [0, 0.05) is 12.1 Å². The number of hydrogen-bond acceptors (Lipinski definition) is 5. The fraction of sp³-hybridized carbons (Fsp3) is 0.400. The van der Waals surface area contributed by atoms with E-state index in [1.54, 1.807) is 13.8 Å². The number of likely N-dealkylation sites (N-methyl/N-ethyl adjacent to an activating group) is 1. The largest absolute Gasteiger partial charge is 0.493 e. The predicted octanol–water partition coefficient (Wildman–Crippen LogP) is -0.186. The molecule has 0 saturated carbocycles. The van der Waals surface area contributed by atoms with Crippen molar-refractivity contribution in [2.24, 2.45) is 5.73 Å². The number of nitrogens with one attached hydrogen (secondary N) is 2. The lowest BCUT2D eigenvalue weighted by atomic mass is 10.1. The summed E-state index contributed by atoms with van der Waals surface area (Å²) in [6, 6.07) is 3.78. The van der Waals surface area contributed by atoms with E-state index < -0.39 is 17.9 Å². The van der Waals surface area contributed by atoms with Gasteiger partial charge in [-0.15, -0.1) is 0 Å². The van der Waals surface area contributed by atoms with Gasteiger partial charge >= 0.3 is 0 Å². The number of amides is 3. The number of primary amides is 1. The van der Waals surface area contributed by atoms with Crippen LogP contribution in [0.25, 0.3) is 0 Å². The summed E-state index contributed by atoms with van der Waals surface area (Å²) in [4.78, 5) is 34.5. The number of methoxy groups -OCH3 is 1. The van der Waals surface area contributed by atoms with Crippen LogP contribution >= 0.6 is 0 Å². The van der Waals surface area contributed by atoms with E-state index in [4.69, 9.17) is 15.2 Å². The van der Waals surface area contributed by atoms with Gasteiger partial charge in [0.15, 0.2) is 18.1 Å². The van der Waals surface area contributed by atoms with E-state index in [9.17, 15) is 14.4 Å². The third-order valence-corrected chi connectivity index (χ3v) is 2.89. The molecule has 0 aliphatic heterocycles. The molecule has 4 N–H and O–H groups in total. The third kappa shape index (κ3) is 5.50. The summed E-state index contributed by atoms with van der Waals surface area (Å²) in [6.07, 6.45) is 0. The van der Waals surface area contributed by atoms with Crippen LogP contribution in [0, 0.1) is 0 Å². The maximum absolute atomic E-state index is 12.1. The average molecular weight is 323 g/mol. The Balaban J connectivity index is 2.82. The minimum Gasteiger partial charge on any atom is -0.493 e. The molecule has 0 aliphatic rings. The fourth-order valence-electron chi connectivity index (χ4n) is 1.75. The second-order valence-corrected chi connectivity index (χ2v) is 4.71. The molecule has 0 aliphatic carbocycles. The minimum atomic E-state index is -0.667. The molecule has 0 saturated heterocycles. The molecule has 0 radical (unpaired) electrons. The van der Waals surface area contributed by atoms with Crippen LogP contribution < -0.4 is 25.8 Å². The average Bonchev–Trinajstić information content (AvgIpc) is 2.52. The molecule has 8 heteroatoms. The lowest BCUT2D eigenvalue weighted by Gasteiger charge is -2.15. The first-order chi connectivity index (χ1) is 10.9. The highest BCUT2D eigenvalue weighted by atomic mass is 16.5. The summed E-state index contributed by atoms with van der Waals surface area (Å²) in [5.41, 5.74) is 5.31. The van der Waals surface area contributed by atoms with E-state index in [1.165, 1.54) is 25.3 Å². The highest BCUT2D eigenvalue weighted by molar-refractivity contribution is 5.97. The van der Waals surface area contributed by atoms with Crippen molar-refractivity contribution < 1.29 is 23.9 Å². The van der Waals surface area contributed by atoms with Crippen molar-refractivity contribution in [3.63, 3.8) is 0 Å². The van der Waals surface area contributed by atoms with E-state index in [0.717, 1.165) is 0 Å². The van der Waals surface area contributed by atoms with Gasteiger partial charge in [0.05, 0.1) is 7.11 Å². The molecule has 0 bridgehead atoms. The Morgan fingerprint density at radius 2 is 1.96 bits per heavy atom. The summed E-state index contributed by atoms with van der Waals surface area (Å²) in [5, 5.41) is 5.20. The number of carbonyl (C=O) groups is 3. The smallest absolute Gasteiger partial charge is 0.255 e. The fourth-order valence-corrected chi connectivity index (χ4v) is 1.75. The van der Waals surface area contributed by atoms with Crippen LogP contribution in [0.1, 0.15) is 24.2 Å². The Morgan fingerprint density at radius 1 is 1.26 bits per heavy atom. The number of hydrogen-bond donors (Lipinski definition) is 3. The molecule has 0 spiro atoms. The second kappa shape index (κ2) is 8.62. The quantitative estimate of drug-likeness (QED) is 0.613. The van der Waals surface area contributed by atoms with Gasteiger partial charge in [0.1, 0.15) is 6.04 Å². The lowest BCUT2D eigenvalue weighted by molar-refractivity contribution is -0.122. The zero-order valence-corrected chi connectivity index (χ0v) is 13.3. The van der Waals surface area contributed by atoms with Gasteiger partial charge in [-0.1, -0.05) is 0 Å². The molecular formula is C15H21N3O5. The SMILES string of the molecule is CCNC(=O)[C@@H](C)NC(=O)c1ccc(OCC(N)=O)c(OC)c1. The molecule has 0 aromatic heterocycles. The molecule has 0 heterocycles. The summed E-state index contributed by atoms with van der Waals surface area (Å²) in [7, 11) is 1.41. The minimum absolute atomic E-state index is 0.269. The molecule has 1 atom stereocenters. The van der Waals surface area contributed by atoms with Gasteiger partial charge in [0.2, 0.25) is 5.91 Å². The van der Waals surface area contributed by atoms with Crippen molar-refractivity contribution in [2.75, 3.05) is 20.3 Å². The normalized spacial score (nSPS) is 11.3. The molecule has 3 amide bonds. The highest BCUT2D eigenvalue weighted by Gasteiger charge is 2.17. The standard InChI is InChI=1S/C15H21N3O5/c1-4-17-14(20)9(2)18-15(21)10-5-6-11(12(7-10)22-3)23-8-13(16)19/h5-7,9H,4,8H2,1-3H3,(H2,16,19)(H,17,20)(H,18,21)/t9-/m1/s1. The Hall–Kier alpha value is -2.77. The van der Waals surface area contributed by atoms with Crippen LogP contribution in [0.3, 0.4) is 0 Å². The Bertz CT molecular complexity index is 588. The topological polar surface area (TPSA) is 120 Å². The van der Waals surface area contributed by atoms with Crippen molar-refractivity contribution in [1.82, 2.24) is 10.6 Å². The van der Waals surface area contributed by atoms with E-state index >= 15 is 0 Å². The lowest BCUT2D eigenvalue weighted by Crippen LogP contribution is -2.44. The van der Waals surface area contributed by atoms with Gasteiger partial charge in [-0.3, -0.25) is 14.4 Å². The molecule has 1 aromatic carbocycles. The van der Waals surface area contributed by atoms with E-state index in [2.05, 4.69) is 10.6 Å². The van der Waals surface area contributed by atoms with Gasteiger partial charge in [-0.25, -0.2) is 0 Å². The van der Waals surface area contributed by atoms with Gasteiger partial charge in [0.25, 0.3) is 11.8 Å². The summed E-state index contributed by atoms with van der Waals surface area (Å²) in [5.74, 6) is -0.744. The second-order valence-electron chi connectivity index (χ2n) is 4.71. The maximum atomic E-state index is 12.1. The molecule has 0 fully saturated rings. The molecule has 8 nitrogen and oxygen atoms in total. The summed E-state index contributed by atoms with van der Waals surface area (Å²) in [6.45, 7) is 3.57.